The minimum atomic E-state index is -1.16. The fraction of sp³-hybridized carbons (Fsp3) is 0.0455. The minimum Gasteiger partial charge on any atom is -0.477 e. The Morgan fingerprint density at radius 3 is 2.68 bits per heavy atom. The fourth-order valence-electron chi connectivity index (χ4n) is 3.63. The van der Waals surface area contributed by atoms with Crippen molar-refractivity contribution in [2.24, 2.45) is 0 Å². The number of para-hydroxylation sites is 1. The second-order valence-corrected chi connectivity index (χ2v) is 7.87. The van der Waals surface area contributed by atoms with E-state index in [0.29, 0.717) is 33.0 Å². The lowest BCUT2D eigenvalue weighted by atomic mass is 10.1. The van der Waals surface area contributed by atoms with Crippen LogP contribution >= 0.6 is 11.3 Å². The largest absolute Gasteiger partial charge is 0.477 e. The molecule has 0 saturated carbocycles. The quantitative estimate of drug-likeness (QED) is 0.415. The number of hydrogen-bond donors (Lipinski definition) is 2. The van der Waals surface area contributed by atoms with Crippen LogP contribution in [0, 0.1) is 12.7 Å². The molecule has 2 aromatic heterocycles. The number of halogens is 1. The third-order valence-corrected chi connectivity index (χ3v) is 5.96. The van der Waals surface area contributed by atoms with Crippen LogP contribution in [0.25, 0.3) is 10.2 Å². The van der Waals surface area contributed by atoms with Crippen LogP contribution in [0.2, 0.25) is 0 Å². The molecule has 5 rings (SSSR count). The van der Waals surface area contributed by atoms with Gasteiger partial charge in [0.2, 0.25) is 0 Å². The van der Waals surface area contributed by atoms with E-state index in [1.54, 1.807) is 31.2 Å². The Bertz CT molecular complexity index is 1350. The van der Waals surface area contributed by atoms with Crippen molar-refractivity contribution in [1.82, 2.24) is 4.98 Å². The summed E-state index contributed by atoms with van der Waals surface area (Å²) in [7, 11) is 0. The molecule has 1 aliphatic heterocycles. The molecule has 2 aromatic carbocycles. The first-order valence-corrected chi connectivity index (χ1v) is 10.0. The average molecular weight is 435 g/mol. The van der Waals surface area contributed by atoms with Crippen molar-refractivity contribution in [2.75, 3.05) is 10.2 Å². The zero-order chi connectivity index (χ0) is 21.7. The third kappa shape index (κ3) is 3.06. The Morgan fingerprint density at radius 1 is 1.19 bits per heavy atom. The molecule has 9 heteroatoms. The molecule has 154 valence electrons. The van der Waals surface area contributed by atoms with Crippen LogP contribution in [0.3, 0.4) is 0 Å². The molecule has 0 spiro atoms. The number of carbonyl (C=O) groups is 2. The highest BCUT2D eigenvalue weighted by molar-refractivity contribution is 7.21. The van der Waals surface area contributed by atoms with Crippen LogP contribution in [-0.2, 0) is 0 Å². The van der Waals surface area contributed by atoms with E-state index in [2.05, 4.69) is 10.3 Å². The molecule has 7 nitrogen and oxygen atoms in total. The summed E-state index contributed by atoms with van der Waals surface area (Å²) in [4.78, 5) is 30.4. The highest BCUT2D eigenvalue weighted by Gasteiger charge is 2.34. The number of nitrogens with zero attached hydrogens (tertiary/aromatic N) is 2. The third-order valence-electron chi connectivity index (χ3n) is 4.87. The van der Waals surface area contributed by atoms with Gasteiger partial charge in [0, 0.05) is 12.3 Å². The summed E-state index contributed by atoms with van der Waals surface area (Å²) in [5.41, 5.74) is 1.08. The Hall–Kier alpha value is -3.98. The molecule has 0 bridgehead atoms. The summed E-state index contributed by atoms with van der Waals surface area (Å²) < 4.78 is 21.0. The van der Waals surface area contributed by atoms with E-state index in [4.69, 9.17) is 4.74 Å². The summed E-state index contributed by atoms with van der Waals surface area (Å²) >= 11 is 0.956. The van der Waals surface area contributed by atoms with Crippen molar-refractivity contribution in [1.29, 1.82) is 0 Å². The van der Waals surface area contributed by atoms with Gasteiger partial charge < -0.3 is 15.2 Å². The Morgan fingerprint density at radius 2 is 1.97 bits per heavy atom. The number of urea groups is 1. The van der Waals surface area contributed by atoms with E-state index in [-0.39, 0.29) is 16.3 Å². The highest BCUT2D eigenvalue weighted by Crippen LogP contribution is 2.47. The number of amides is 2. The number of carboxylic acid groups (broad SMARTS) is 1. The Kier molecular flexibility index (Phi) is 4.33. The summed E-state index contributed by atoms with van der Waals surface area (Å²) in [6.45, 7) is 1.67. The first-order chi connectivity index (χ1) is 14.9. The molecule has 0 unspecified atom stereocenters. The van der Waals surface area contributed by atoms with Gasteiger partial charge in [-0.05, 0) is 36.8 Å². The number of carbonyl (C=O) groups excluding carboxylic acids is 1. The van der Waals surface area contributed by atoms with E-state index in [1.807, 2.05) is 18.2 Å². The van der Waals surface area contributed by atoms with Crippen LogP contribution < -0.4 is 15.0 Å². The van der Waals surface area contributed by atoms with Gasteiger partial charge in [0.1, 0.15) is 21.2 Å². The predicted octanol–water partition coefficient (Wildman–Crippen LogP) is 5.92. The molecule has 3 heterocycles. The molecule has 2 N–H and O–H groups in total. The standard InChI is InChI=1S/C22H14FN3O4S/c1-11-9-13(30-12-5-3-2-4-6-12)10-14(23)18(11)26-15-7-8-24-20-16(15)17(25-22(26)29)19(31-20)21(27)28/h2-10H,1H3,(H,25,29)(H,27,28). The number of nitrogens with one attached hydrogen (secondary N) is 1. The number of benzene rings is 2. The number of rotatable bonds is 4. The van der Waals surface area contributed by atoms with Crippen molar-refractivity contribution in [2.45, 2.75) is 6.92 Å². The van der Waals surface area contributed by atoms with Crippen molar-refractivity contribution in [3.8, 4) is 11.5 Å². The molecule has 0 saturated heterocycles. The van der Waals surface area contributed by atoms with E-state index in [0.717, 1.165) is 11.3 Å². The highest BCUT2D eigenvalue weighted by atomic mass is 32.1. The van der Waals surface area contributed by atoms with Gasteiger partial charge in [-0.1, -0.05) is 18.2 Å². The van der Waals surface area contributed by atoms with Gasteiger partial charge in [0.25, 0.3) is 0 Å². The number of aryl methyl sites for hydroxylation is 1. The number of hydrogen-bond acceptors (Lipinski definition) is 5. The van der Waals surface area contributed by atoms with Crippen molar-refractivity contribution in [3.63, 3.8) is 0 Å². The maximum absolute atomic E-state index is 15.3. The Labute approximate surface area is 179 Å². The number of pyridine rings is 1. The molecular formula is C22H14FN3O4S. The smallest absolute Gasteiger partial charge is 0.348 e. The molecule has 0 aliphatic carbocycles. The van der Waals surface area contributed by atoms with Crippen molar-refractivity contribution < 1.29 is 23.8 Å². The monoisotopic (exact) mass is 435 g/mol. The number of aromatic carboxylic acids is 1. The van der Waals surface area contributed by atoms with Crippen LogP contribution in [0.5, 0.6) is 11.5 Å². The number of ether oxygens (including phenoxy) is 1. The zero-order valence-electron chi connectivity index (χ0n) is 16.0. The lowest BCUT2D eigenvalue weighted by Crippen LogP contribution is -2.35. The predicted molar refractivity (Wildman–Crippen MR) is 115 cm³/mol. The number of anilines is 3. The van der Waals surface area contributed by atoms with Gasteiger partial charge in [-0.3, -0.25) is 4.90 Å². The maximum Gasteiger partial charge on any atom is 0.348 e. The Balaban J connectivity index is 1.63. The second kappa shape index (κ2) is 7.06. The summed E-state index contributed by atoms with van der Waals surface area (Å²) in [6.07, 6.45) is 1.47. The normalized spacial score (nSPS) is 12.7. The second-order valence-electron chi connectivity index (χ2n) is 6.87. The fourth-order valence-corrected chi connectivity index (χ4v) is 4.59. The SMILES string of the molecule is Cc1cc(Oc2ccccc2)cc(F)c1N1C(=O)Nc2c(C(=O)O)sc3nccc1c23. The summed E-state index contributed by atoms with van der Waals surface area (Å²) in [5, 5.41) is 12.5. The summed E-state index contributed by atoms with van der Waals surface area (Å²) in [5.74, 6) is -0.956. The summed E-state index contributed by atoms with van der Waals surface area (Å²) in [6, 6.07) is 12.7. The van der Waals surface area contributed by atoms with Gasteiger partial charge in [-0.15, -0.1) is 11.3 Å². The first kappa shape index (κ1) is 19.0. The zero-order valence-corrected chi connectivity index (χ0v) is 16.9. The lowest BCUT2D eigenvalue weighted by Gasteiger charge is -2.29. The molecule has 31 heavy (non-hydrogen) atoms. The van der Waals surface area contributed by atoms with Crippen LogP contribution in [0.1, 0.15) is 15.2 Å². The van der Waals surface area contributed by atoms with Gasteiger partial charge >= 0.3 is 12.0 Å². The van der Waals surface area contributed by atoms with Crippen molar-refractivity contribution >= 4 is 50.6 Å². The van der Waals surface area contributed by atoms with Crippen LogP contribution in [0.15, 0.2) is 54.7 Å². The van der Waals surface area contributed by atoms with Crippen LogP contribution in [-0.4, -0.2) is 22.1 Å². The van der Waals surface area contributed by atoms with Crippen molar-refractivity contribution in [3.05, 3.63) is 71.0 Å². The van der Waals surface area contributed by atoms with E-state index < -0.39 is 17.8 Å². The van der Waals surface area contributed by atoms with E-state index >= 15 is 4.39 Å². The number of aromatic nitrogens is 1. The maximum atomic E-state index is 15.3. The van der Waals surface area contributed by atoms with Gasteiger partial charge in [0.05, 0.1) is 22.4 Å². The number of carboxylic acids is 1. The minimum absolute atomic E-state index is 0.0215. The van der Waals surface area contributed by atoms with Gasteiger partial charge in [-0.2, -0.15) is 0 Å². The number of thiophene rings is 1. The van der Waals surface area contributed by atoms with E-state index in [9.17, 15) is 14.7 Å². The molecule has 0 radical (unpaired) electrons. The first-order valence-electron chi connectivity index (χ1n) is 9.23. The molecule has 4 aromatic rings. The topological polar surface area (TPSA) is 91.8 Å². The lowest BCUT2D eigenvalue weighted by molar-refractivity contribution is 0.0703. The van der Waals surface area contributed by atoms with Gasteiger partial charge in [0.15, 0.2) is 5.82 Å². The van der Waals surface area contributed by atoms with Crippen LogP contribution in [0.4, 0.5) is 26.2 Å². The molecule has 0 fully saturated rings. The molecule has 1 aliphatic rings. The van der Waals surface area contributed by atoms with E-state index in [1.165, 1.54) is 17.2 Å². The molecular weight excluding hydrogens is 421 g/mol. The molecule has 0 atom stereocenters. The molecule has 2 amide bonds. The van der Waals surface area contributed by atoms with Gasteiger partial charge in [-0.25, -0.2) is 19.0 Å². The average Bonchev–Trinajstić information content (AvgIpc) is 3.10.